The first kappa shape index (κ1) is 21.2. The summed E-state index contributed by atoms with van der Waals surface area (Å²) in [4.78, 5) is 30.8. The fourth-order valence-corrected chi connectivity index (χ4v) is 4.05. The first-order valence-electron chi connectivity index (χ1n) is 10.9. The summed E-state index contributed by atoms with van der Waals surface area (Å²) in [5.41, 5.74) is 3.83. The average molecular weight is 423 g/mol. The molecule has 2 fully saturated rings. The number of aryl methyl sites for hydroxylation is 1. The Morgan fingerprint density at radius 3 is 2.55 bits per heavy atom. The molecule has 0 aliphatic carbocycles. The zero-order chi connectivity index (χ0) is 21.8. The van der Waals surface area contributed by atoms with Crippen molar-refractivity contribution >= 4 is 28.9 Å². The van der Waals surface area contributed by atoms with Crippen molar-refractivity contribution in [3.05, 3.63) is 48.0 Å². The van der Waals surface area contributed by atoms with Crippen LogP contribution in [0.4, 0.5) is 17.1 Å². The monoisotopic (exact) mass is 422 g/mol. The van der Waals surface area contributed by atoms with Gasteiger partial charge in [-0.15, -0.1) is 0 Å². The maximum absolute atomic E-state index is 12.4. The molecule has 2 amide bonds. The van der Waals surface area contributed by atoms with Gasteiger partial charge in [0.15, 0.2) is 6.61 Å². The Balaban J connectivity index is 1.32. The molecule has 4 rings (SSSR count). The van der Waals surface area contributed by atoms with Crippen LogP contribution in [0.25, 0.3) is 0 Å². The second-order valence-electron chi connectivity index (χ2n) is 8.27. The van der Waals surface area contributed by atoms with Crippen LogP contribution in [0.3, 0.4) is 0 Å². The molecule has 0 bridgehead atoms. The van der Waals surface area contributed by atoms with Gasteiger partial charge in [0.25, 0.3) is 5.91 Å². The molecular formula is C24H30N4O3. The number of hydrogen-bond donors (Lipinski definition) is 1. The molecule has 0 atom stereocenters. The molecule has 0 unspecified atom stereocenters. The summed E-state index contributed by atoms with van der Waals surface area (Å²) in [6.07, 6.45) is 1.46. The van der Waals surface area contributed by atoms with Crippen molar-refractivity contribution in [1.82, 2.24) is 4.90 Å². The number of hydrogen-bond acceptors (Lipinski definition) is 5. The van der Waals surface area contributed by atoms with Crippen molar-refractivity contribution in [3.63, 3.8) is 0 Å². The van der Waals surface area contributed by atoms with Gasteiger partial charge in [-0.05, 0) is 56.3 Å². The number of ether oxygens (including phenoxy) is 1. The Morgan fingerprint density at radius 2 is 1.84 bits per heavy atom. The Kier molecular flexibility index (Phi) is 6.42. The topological polar surface area (TPSA) is 65.1 Å². The Morgan fingerprint density at radius 1 is 1.03 bits per heavy atom. The SMILES string of the molecule is Cc1cc(N2CCN(C)CC2)ccc1NC(=O)COc1cccc(N2CCCC2=O)c1. The van der Waals surface area contributed by atoms with Gasteiger partial charge in [0.1, 0.15) is 5.75 Å². The van der Waals surface area contributed by atoms with Crippen molar-refractivity contribution in [1.29, 1.82) is 0 Å². The third-order valence-corrected chi connectivity index (χ3v) is 5.93. The average Bonchev–Trinajstić information content (AvgIpc) is 3.20. The summed E-state index contributed by atoms with van der Waals surface area (Å²) in [5.74, 6) is 0.498. The van der Waals surface area contributed by atoms with Crippen molar-refractivity contribution < 1.29 is 14.3 Å². The summed E-state index contributed by atoms with van der Waals surface area (Å²) >= 11 is 0. The van der Waals surface area contributed by atoms with E-state index in [2.05, 4.69) is 34.3 Å². The summed E-state index contributed by atoms with van der Waals surface area (Å²) in [7, 11) is 2.14. The van der Waals surface area contributed by atoms with Gasteiger partial charge < -0.3 is 24.8 Å². The van der Waals surface area contributed by atoms with Gasteiger partial charge in [-0.3, -0.25) is 9.59 Å². The Hall–Kier alpha value is -3.06. The Bertz CT molecular complexity index is 954. The van der Waals surface area contributed by atoms with Crippen molar-refractivity contribution in [2.24, 2.45) is 0 Å². The molecule has 0 saturated carbocycles. The third-order valence-electron chi connectivity index (χ3n) is 5.93. The van der Waals surface area contributed by atoms with Gasteiger partial charge in [0.05, 0.1) is 0 Å². The van der Waals surface area contributed by atoms with E-state index in [1.807, 2.05) is 31.2 Å². The molecule has 2 aliphatic rings. The number of likely N-dealkylation sites (N-methyl/N-ethyl adjacent to an activating group) is 1. The van der Waals surface area contributed by atoms with E-state index in [4.69, 9.17) is 4.74 Å². The maximum atomic E-state index is 12.4. The quantitative estimate of drug-likeness (QED) is 0.776. The summed E-state index contributed by atoms with van der Waals surface area (Å²) in [6, 6.07) is 13.5. The first-order valence-corrected chi connectivity index (χ1v) is 10.9. The minimum atomic E-state index is -0.210. The van der Waals surface area contributed by atoms with E-state index in [0.717, 1.165) is 56.1 Å². The standard InChI is InChI=1S/C24H30N4O3/c1-18-15-19(27-13-11-26(2)12-14-27)8-9-22(18)25-23(29)17-31-21-6-3-5-20(16-21)28-10-4-7-24(28)30/h3,5-6,8-9,15-16H,4,7,10-14,17H2,1-2H3,(H,25,29). The summed E-state index contributed by atoms with van der Waals surface area (Å²) < 4.78 is 5.68. The van der Waals surface area contributed by atoms with Crippen molar-refractivity contribution in [2.45, 2.75) is 19.8 Å². The van der Waals surface area contributed by atoms with Crippen LogP contribution >= 0.6 is 0 Å². The van der Waals surface area contributed by atoms with Crippen LogP contribution in [-0.4, -0.2) is 63.1 Å². The lowest BCUT2D eigenvalue weighted by atomic mass is 10.1. The molecule has 0 spiro atoms. The molecule has 7 heteroatoms. The van der Waals surface area contributed by atoms with Crippen LogP contribution in [-0.2, 0) is 9.59 Å². The van der Waals surface area contributed by atoms with Gasteiger partial charge in [-0.1, -0.05) is 6.07 Å². The third kappa shape index (κ3) is 5.17. The van der Waals surface area contributed by atoms with Gasteiger partial charge in [0.2, 0.25) is 5.91 Å². The largest absolute Gasteiger partial charge is 0.484 e. The number of benzene rings is 2. The summed E-state index contributed by atoms with van der Waals surface area (Å²) in [6.45, 7) is 6.79. The minimum absolute atomic E-state index is 0.0863. The van der Waals surface area contributed by atoms with Crippen LogP contribution in [0.2, 0.25) is 0 Å². The van der Waals surface area contributed by atoms with E-state index in [0.29, 0.717) is 12.2 Å². The summed E-state index contributed by atoms with van der Waals surface area (Å²) in [5, 5.41) is 2.94. The second-order valence-corrected chi connectivity index (χ2v) is 8.27. The molecule has 31 heavy (non-hydrogen) atoms. The van der Waals surface area contributed by atoms with Crippen LogP contribution in [0, 0.1) is 6.92 Å². The number of carbonyl (C=O) groups excluding carboxylic acids is 2. The fourth-order valence-electron chi connectivity index (χ4n) is 4.05. The highest BCUT2D eigenvalue weighted by atomic mass is 16.5. The molecule has 2 heterocycles. The van der Waals surface area contributed by atoms with Gasteiger partial charge in [0, 0.05) is 62.3 Å². The van der Waals surface area contributed by atoms with E-state index in [-0.39, 0.29) is 18.4 Å². The van der Waals surface area contributed by atoms with Gasteiger partial charge in [-0.25, -0.2) is 0 Å². The molecule has 2 aromatic carbocycles. The van der Waals surface area contributed by atoms with Gasteiger partial charge >= 0.3 is 0 Å². The molecule has 0 radical (unpaired) electrons. The highest BCUT2D eigenvalue weighted by molar-refractivity contribution is 5.95. The lowest BCUT2D eigenvalue weighted by molar-refractivity contribution is -0.118. The second kappa shape index (κ2) is 9.39. The van der Waals surface area contributed by atoms with Crippen LogP contribution in [0.1, 0.15) is 18.4 Å². The van der Waals surface area contributed by atoms with Gasteiger partial charge in [-0.2, -0.15) is 0 Å². The molecule has 1 N–H and O–H groups in total. The highest BCUT2D eigenvalue weighted by Crippen LogP contribution is 2.26. The predicted octanol–water partition coefficient (Wildman–Crippen LogP) is 2.89. The fraction of sp³-hybridized carbons (Fsp3) is 0.417. The minimum Gasteiger partial charge on any atom is -0.484 e. The molecule has 164 valence electrons. The van der Waals surface area contributed by atoms with E-state index in [1.54, 1.807) is 11.0 Å². The van der Waals surface area contributed by atoms with Crippen LogP contribution < -0.4 is 19.9 Å². The lowest BCUT2D eigenvalue weighted by Crippen LogP contribution is -2.44. The van der Waals surface area contributed by atoms with E-state index >= 15 is 0 Å². The zero-order valence-electron chi connectivity index (χ0n) is 18.3. The number of anilines is 3. The number of amides is 2. The number of nitrogens with one attached hydrogen (secondary N) is 1. The molecule has 2 saturated heterocycles. The zero-order valence-corrected chi connectivity index (χ0v) is 18.3. The molecule has 7 nitrogen and oxygen atoms in total. The normalized spacial score (nSPS) is 17.2. The first-order chi connectivity index (χ1) is 15.0. The van der Waals surface area contributed by atoms with Crippen LogP contribution in [0.5, 0.6) is 5.75 Å². The lowest BCUT2D eigenvalue weighted by Gasteiger charge is -2.34. The van der Waals surface area contributed by atoms with E-state index in [1.165, 1.54) is 5.69 Å². The smallest absolute Gasteiger partial charge is 0.262 e. The van der Waals surface area contributed by atoms with Crippen LogP contribution in [0.15, 0.2) is 42.5 Å². The number of nitrogens with zero attached hydrogens (tertiary/aromatic N) is 3. The van der Waals surface area contributed by atoms with E-state index < -0.39 is 0 Å². The number of rotatable bonds is 6. The number of piperazine rings is 1. The maximum Gasteiger partial charge on any atom is 0.262 e. The van der Waals surface area contributed by atoms with E-state index in [9.17, 15) is 9.59 Å². The van der Waals surface area contributed by atoms with Crippen molar-refractivity contribution in [2.75, 3.05) is 61.5 Å². The predicted molar refractivity (Wildman–Crippen MR) is 123 cm³/mol. The number of carbonyl (C=O) groups is 2. The van der Waals surface area contributed by atoms with Crippen molar-refractivity contribution in [3.8, 4) is 5.75 Å². The Labute approximate surface area is 183 Å². The molecule has 2 aliphatic heterocycles. The molecule has 2 aromatic rings. The molecule has 0 aromatic heterocycles. The molecular weight excluding hydrogens is 392 g/mol. The highest BCUT2D eigenvalue weighted by Gasteiger charge is 2.22.